The highest BCUT2D eigenvalue weighted by atomic mass is 16.6. The van der Waals surface area contributed by atoms with E-state index in [1.807, 2.05) is 12.1 Å². The molecule has 9 heteroatoms. The van der Waals surface area contributed by atoms with Gasteiger partial charge in [0.25, 0.3) is 11.4 Å². The van der Waals surface area contributed by atoms with Crippen molar-refractivity contribution >= 4 is 40.0 Å². The van der Waals surface area contributed by atoms with E-state index in [0.717, 1.165) is 42.1 Å². The molecule has 0 heterocycles. The van der Waals surface area contributed by atoms with Gasteiger partial charge in [-0.2, -0.15) is 0 Å². The van der Waals surface area contributed by atoms with E-state index < -0.39 is 27.2 Å². The maximum Gasteiger partial charge on any atom is 0.344 e. The molecule has 0 unspecified atom stereocenters. The third-order valence-electron chi connectivity index (χ3n) is 5.84. The van der Waals surface area contributed by atoms with E-state index in [1.165, 1.54) is 16.5 Å². The molecular weight excluding hydrogens is 450 g/mol. The first kappa shape index (κ1) is 21.9. The van der Waals surface area contributed by atoms with Crippen LogP contribution in [0.2, 0.25) is 0 Å². The Labute approximate surface area is 198 Å². The molecule has 0 N–H and O–H groups in total. The number of nitro benzene ring substituents is 2. The van der Waals surface area contributed by atoms with Crippen molar-refractivity contribution in [2.45, 2.75) is 12.8 Å². The van der Waals surface area contributed by atoms with E-state index in [-0.39, 0.29) is 11.3 Å². The van der Waals surface area contributed by atoms with Crippen molar-refractivity contribution in [1.82, 2.24) is 0 Å². The van der Waals surface area contributed by atoms with Gasteiger partial charge >= 0.3 is 5.97 Å². The number of nitrogens with zero attached hydrogens (tertiary/aromatic N) is 3. The lowest BCUT2D eigenvalue weighted by Gasteiger charge is -2.06. The number of non-ortho nitro benzene ring substituents is 2. The minimum Gasteiger partial charge on any atom is -0.423 e. The topological polar surface area (TPSA) is 125 Å². The minimum atomic E-state index is -0.946. The van der Waals surface area contributed by atoms with Gasteiger partial charge in [0.1, 0.15) is 5.75 Å². The highest BCUT2D eigenvalue weighted by Gasteiger charge is 2.21. The molecule has 0 radical (unpaired) electrons. The average molecular weight is 467 g/mol. The molecule has 0 aliphatic heterocycles. The van der Waals surface area contributed by atoms with Crippen LogP contribution in [0.3, 0.4) is 0 Å². The molecule has 5 rings (SSSR count). The van der Waals surface area contributed by atoms with Gasteiger partial charge in [-0.15, -0.1) is 0 Å². The van der Waals surface area contributed by atoms with Gasteiger partial charge in [0, 0.05) is 23.7 Å². The molecule has 0 aromatic heterocycles. The highest BCUT2D eigenvalue weighted by Crippen LogP contribution is 2.36. The number of esters is 1. The van der Waals surface area contributed by atoms with Gasteiger partial charge in [0.15, 0.2) is 0 Å². The Morgan fingerprint density at radius 1 is 0.857 bits per heavy atom. The molecule has 1 aliphatic carbocycles. The van der Waals surface area contributed by atoms with Gasteiger partial charge in [0.05, 0.1) is 27.2 Å². The van der Waals surface area contributed by atoms with E-state index >= 15 is 0 Å². The number of ether oxygens (including phenoxy) is 1. The zero-order valence-corrected chi connectivity index (χ0v) is 18.2. The maximum atomic E-state index is 12.6. The van der Waals surface area contributed by atoms with Crippen LogP contribution in [0.25, 0.3) is 10.8 Å². The van der Waals surface area contributed by atoms with Crippen molar-refractivity contribution in [3.8, 4) is 5.75 Å². The number of aryl methyl sites for hydroxylation is 2. The first-order valence-electron chi connectivity index (χ1n) is 10.7. The third-order valence-corrected chi connectivity index (χ3v) is 5.84. The number of aliphatic imine (C=N–C) groups is 1. The number of nitro groups is 2. The standard InChI is InChI=1S/C26H17N3O6/c30-26(19-12-20(28(31)32)14-21(13-19)29(33)34)35-22-5-1-3-16(11-22)15-27-24-10-9-18-8-7-17-4-2-6-23(24)25(17)18/h1-6,9-15H,7-8H2. The summed E-state index contributed by atoms with van der Waals surface area (Å²) in [5.41, 5.74) is 2.71. The number of carbonyl (C=O) groups is 1. The predicted molar refractivity (Wildman–Crippen MR) is 130 cm³/mol. The second-order valence-corrected chi connectivity index (χ2v) is 8.06. The monoisotopic (exact) mass is 467 g/mol. The first-order valence-corrected chi connectivity index (χ1v) is 10.7. The maximum absolute atomic E-state index is 12.6. The molecular formula is C26H17N3O6. The summed E-state index contributed by atoms with van der Waals surface area (Å²) in [6.45, 7) is 0. The molecule has 4 aromatic rings. The summed E-state index contributed by atoms with van der Waals surface area (Å²) in [5, 5.41) is 24.5. The van der Waals surface area contributed by atoms with Crippen LogP contribution in [0.4, 0.5) is 17.1 Å². The summed E-state index contributed by atoms with van der Waals surface area (Å²) in [5.74, 6) is -0.771. The summed E-state index contributed by atoms with van der Waals surface area (Å²) in [4.78, 5) is 37.8. The second-order valence-electron chi connectivity index (χ2n) is 8.06. The number of hydrogen-bond donors (Lipinski definition) is 0. The van der Waals surface area contributed by atoms with E-state index in [9.17, 15) is 25.0 Å². The zero-order chi connectivity index (χ0) is 24.5. The van der Waals surface area contributed by atoms with Crippen LogP contribution >= 0.6 is 0 Å². The Morgan fingerprint density at radius 3 is 2.26 bits per heavy atom. The molecule has 0 atom stereocenters. The highest BCUT2D eigenvalue weighted by molar-refractivity contribution is 6.00. The Hall–Kier alpha value is -4.92. The van der Waals surface area contributed by atoms with Crippen LogP contribution in [0.5, 0.6) is 5.75 Å². The van der Waals surface area contributed by atoms with Gasteiger partial charge in [-0.1, -0.05) is 36.4 Å². The summed E-state index contributed by atoms with van der Waals surface area (Å²) < 4.78 is 5.33. The largest absolute Gasteiger partial charge is 0.423 e. The lowest BCUT2D eigenvalue weighted by molar-refractivity contribution is -0.394. The molecule has 9 nitrogen and oxygen atoms in total. The Morgan fingerprint density at radius 2 is 1.54 bits per heavy atom. The van der Waals surface area contributed by atoms with Crippen LogP contribution in [0, 0.1) is 20.2 Å². The van der Waals surface area contributed by atoms with Crippen molar-refractivity contribution in [2.75, 3.05) is 0 Å². The van der Waals surface area contributed by atoms with Crippen molar-refractivity contribution in [3.63, 3.8) is 0 Å². The molecule has 172 valence electrons. The fourth-order valence-corrected chi connectivity index (χ4v) is 4.24. The van der Waals surface area contributed by atoms with Crippen LogP contribution in [0.1, 0.15) is 27.0 Å². The minimum absolute atomic E-state index is 0.175. The van der Waals surface area contributed by atoms with Gasteiger partial charge in [-0.3, -0.25) is 25.2 Å². The number of hydrogen-bond acceptors (Lipinski definition) is 7. The van der Waals surface area contributed by atoms with Gasteiger partial charge in [0.2, 0.25) is 0 Å². The summed E-state index contributed by atoms with van der Waals surface area (Å²) in [6.07, 6.45) is 3.72. The van der Waals surface area contributed by atoms with Crippen molar-refractivity contribution < 1.29 is 19.4 Å². The molecule has 0 fully saturated rings. The van der Waals surface area contributed by atoms with Gasteiger partial charge < -0.3 is 4.74 Å². The quantitative estimate of drug-likeness (QED) is 0.117. The number of carbonyl (C=O) groups excluding carboxylic acids is 1. The Balaban J connectivity index is 1.39. The molecule has 1 aliphatic rings. The number of benzene rings is 4. The summed E-state index contributed by atoms with van der Waals surface area (Å²) in [6, 6.07) is 19.6. The molecule has 0 saturated heterocycles. The van der Waals surface area contributed by atoms with Crippen LogP contribution in [-0.2, 0) is 12.8 Å². The lowest BCUT2D eigenvalue weighted by Crippen LogP contribution is -2.10. The Bertz CT molecular complexity index is 1520. The van der Waals surface area contributed by atoms with E-state index in [1.54, 1.807) is 30.5 Å². The van der Waals surface area contributed by atoms with Crippen molar-refractivity contribution in [2.24, 2.45) is 4.99 Å². The second kappa shape index (κ2) is 8.79. The Kier molecular flexibility index (Phi) is 5.50. The summed E-state index contributed by atoms with van der Waals surface area (Å²) >= 11 is 0. The van der Waals surface area contributed by atoms with Gasteiger partial charge in [-0.25, -0.2) is 4.79 Å². The predicted octanol–water partition coefficient (Wildman–Crippen LogP) is 5.72. The average Bonchev–Trinajstić information content (AvgIpc) is 3.28. The number of rotatable bonds is 6. The normalized spacial score (nSPS) is 12.2. The zero-order valence-electron chi connectivity index (χ0n) is 18.2. The smallest absolute Gasteiger partial charge is 0.344 e. The molecule has 4 aromatic carbocycles. The van der Waals surface area contributed by atoms with Crippen molar-refractivity contribution in [3.05, 3.63) is 115 Å². The fourth-order valence-electron chi connectivity index (χ4n) is 4.24. The molecule has 35 heavy (non-hydrogen) atoms. The van der Waals surface area contributed by atoms with E-state index in [2.05, 4.69) is 23.2 Å². The molecule has 0 amide bonds. The SMILES string of the molecule is O=C(Oc1cccc(C=Nc2ccc3c4c(cccc24)CC3)c1)c1cc([N+](=O)[O-])cc([N+](=O)[O-])c1. The molecule has 0 bridgehead atoms. The van der Waals surface area contributed by atoms with E-state index in [4.69, 9.17) is 4.74 Å². The summed E-state index contributed by atoms with van der Waals surface area (Å²) in [7, 11) is 0. The lowest BCUT2D eigenvalue weighted by atomic mass is 10.0. The molecule has 0 saturated carbocycles. The van der Waals surface area contributed by atoms with Crippen LogP contribution in [-0.4, -0.2) is 22.0 Å². The van der Waals surface area contributed by atoms with Crippen molar-refractivity contribution in [1.29, 1.82) is 0 Å². The third kappa shape index (κ3) is 4.34. The van der Waals surface area contributed by atoms with Crippen LogP contribution < -0.4 is 4.74 Å². The van der Waals surface area contributed by atoms with E-state index in [0.29, 0.717) is 5.56 Å². The molecule has 0 spiro atoms. The fraction of sp³-hybridized carbons (Fsp3) is 0.0769. The van der Waals surface area contributed by atoms with Gasteiger partial charge in [-0.05, 0) is 53.1 Å². The first-order chi connectivity index (χ1) is 16.9. The van der Waals surface area contributed by atoms with Crippen LogP contribution in [0.15, 0.2) is 77.8 Å².